The van der Waals surface area contributed by atoms with E-state index in [-0.39, 0.29) is 24.5 Å². The monoisotopic (exact) mass is 397 g/mol. The molecule has 29 heavy (non-hydrogen) atoms. The zero-order valence-corrected chi connectivity index (χ0v) is 17.4. The van der Waals surface area contributed by atoms with E-state index in [1.807, 2.05) is 52.0 Å². The Balaban J connectivity index is 1.73. The molecule has 154 valence electrons. The molecular formula is C23H28FN3O2. The van der Waals surface area contributed by atoms with Gasteiger partial charge < -0.3 is 15.1 Å². The number of nitrogens with one attached hydrogen (secondary N) is 1. The van der Waals surface area contributed by atoms with Crippen molar-refractivity contribution in [3.63, 3.8) is 0 Å². The molecule has 0 aliphatic carbocycles. The number of urea groups is 1. The molecule has 0 bridgehead atoms. The number of amides is 2. The quantitative estimate of drug-likeness (QED) is 0.799. The molecule has 0 radical (unpaired) electrons. The number of aryl methyl sites for hydroxylation is 1. The molecular weight excluding hydrogens is 369 g/mol. The Kier molecular flexibility index (Phi) is 6.20. The number of halogens is 1. The number of nitrogens with zero attached hydrogens (tertiary/aromatic N) is 2. The van der Waals surface area contributed by atoms with Crippen molar-refractivity contribution in [2.75, 3.05) is 6.54 Å². The van der Waals surface area contributed by atoms with Crippen molar-refractivity contribution in [3.8, 4) is 0 Å². The van der Waals surface area contributed by atoms with Gasteiger partial charge >= 0.3 is 6.03 Å². The van der Waals surface area contributed by atoms with Crippen molar-refractivity contribution in [1.29, 1.82) is 0 Å². The molecule has 2 aromatic rings. The molecule has 3 rings (SSSR count). The lowest BCUT2D eigenvalue weighted by molar-refractivity contribution is 0.0578. The summed E-state index contributed by atoms with van der Waals surface area (Å²) >= 11 is 0. The highest BCUT2D eigenvalue weighted by molar-refractivity contribution is 6.02. The second-order valence-electron chi connectivity index (χ2n) is 8.44. The third-order valence-corrected chi connectivity index (χ3v) is 4.70. The van der Waals surface area contributed by atoms with Gasteiger partial charge in [0.15, 0.2) is 6.10 Å². The topological polar surface area (TPSA) is 53.9 Å². The highest BCUT2D eigenvalue weighted by atomic mass is 19.1. The van der Waals surface area contributed by atoms with Crippen LogP contribution in [0.3, 0.4) is 0 Å². The van der Waals surface area contributed by atoms with Gasteiger partial charge in [-0.05, 0) is 39.3 Å². The summed E-state index contributed by atoms with van der Waals surface area (Å²) < 4.78 is 14.2. The highest BCUT2D eigenvalue weighted by Gasteiger charge is 2.29. The summed E-state index contributed by atoms with van der Waals surface area (Å²) in [6, 6.07) is 14.3. The summed E-state index contributed by atoms with van der Waals surface area (Å²) in [7, 11) is 0. The van der Waals surface area contributed by atoms with Gasteiger partial charge in [-0.25, -0.2) is 9.18 Å². The maximum absolute atomic E-state index is 14.2. The Bertz CT molecular complexity index is 905. The van der Waals surface area contributed by atoms with E-state index in [2.05, 4.69) is 10.5 Å². The molecule has 2 amide bonds. The standard InChI is InChI=1S/C23H28FN3O2/c1-16-9-5-7-11-19(16)21-13-18(29-26-21)15-27(22(28)25-23(2,3)4)14-17-10-6-8-12-20(17)24/h5-12,18H,13-15H2,1-4H3,(H,25,28)/t18-/m0/s1. The van der Waals surface area contributed by atoms with Gasteiger partial charge in [-0.3, -0.25) is 0 Å². The van der Waals surface area contributed by atoms with Crippen molar-refractivity contribution in [2.45, 2.75) is 52.3 Å². The van der Waals surface area contributed by atoms with Crippen LogP contribution in [0.4, 0.5) is 9.18 Å². The Labute approximate surface area is 171 Å². The first kappa shape index (κ1) is 20.8. The maximum atomic E-state index is 14.2. The average molecular weight is 397 g/mol. The molecule has 0 saturated heterocycles. The van der Waals surface area contributed by atoms with Crippen LogP contribution in [0.1, 0.15) is 43.9 Å². The largest absolute Gasteiger partial charge is 0.390 e. The van der Waals surface area contributed by atoms with Crippen LogP contribution in [0, 0.1) is 12.7 Å². The minimum absolute atomic E-state index is 0.161. The Morgan fingerprint density at radius 2 is 1.90 bits per heavy atom. The van der Waals surface area contributed by atoms with Gasteiger partial charge in [-0.1, -0.05) is 47.6 Å². The minimum atomic E-state index is -0.399. The fourth-order valence-corrected chi connectivity index (χ4v) is 3.28. The molecule has 1 aliphatic heterocycles. The van der Waals surface area contributed by atoms with E-state index in [0.29, 0.717) is 18.5 Å². The Morgan fingerprint density at radius 3 is 2.59 bits per heavy atom. The second kappa shape index (κ2) is 8.64. The van der Waals surface area contributed by atoms with Crippen LogP contribution in [0.2, 0.25) is 0 Å². The first-order valence-electron chi connectivity index (χ1n) is 9.82. The molecule has 6 heteroatoms. The lowest BCUT2D eigenvalue weighted by Crippen LogP contribution is -2.50. The Morgan fingerprint density at radius 1 is 1.21 bits per heavy atom. The number of carbonyl (C=O) groups is 1. The molecule has 2 aromatic carbocycles. The molecule has 1 atom stereocenters. The second-order valence-corrected chi connectivity index (χ2v) is 8.44. The third-order valence-electron chi connectivity index (χ3n) is 4.70. The van der Waals surface area contributed by atoms with Gasteiger partial charge in [0.05, 0.1) is 18.8 Å². The lowest BCUT2D eigenvalue weighted by atomic mass is 10.0. The van der Waals surface area contributed by atoms with Crippen molar-refractivity contribution >= 4 is 11.7 Å². The SMILES string of the molecule is Cc1ccccc1C1=NO[C@H](CN(Cc2ccccc2F)C(=O)NC(C)(C)C)C1. The highest BCUT2D eigenvalue weighted by Crippen LogP contribution is 2.21. The van der Waals surface area contributed by atoms with E-state index < -0.39 is 5.54 Å². The summed E-state index contributed by atoms with van der Waals surface area (Å²) in [6.45, 7) is 8.25. The average Bonchev–Trinajstić information content (AvgIpc) is 3.10. The van der Waals surface area contributed by atoms with Gasteiger partial charge in [-0.15, -0.1) is 0 Å². The molecule has 0 unspecified atom stereocenters. The maximum Gasteiger partial charge on any atom is 0.318 e. The molecule has 1 aliphatic rings. The van der Waals surface area contributed by atoms with Gasteiger partial charge in [0.25, 0.3) is 0 Å². The predicted octanol–water partition coefficient (Wildman–Crippen LogP) is 4.64. The van der Waals surface area contributed by atoms with Crippen molar-refractivity contribution in [2.24, 2.45) is 5.16 Å². The summed E-state index contributed by atoms with van der Waals surface area (Å²) in [5.41, 5.74) is 3.12. The normalized spacial score (nSPS) is 16.2. The predicted molar refractivity (Wildman–Crippen MR) is 112 cm³/mol. The van der Waals surface area contributed by atoms with Crippen LogP contribution in [0.5, 0.6) is 0 Å². The first-order valence-corrected chi connectivity index (χ1v) is 9.82. The van der Waals surface area contributed by atoms with E-state index in [0.717, 1.165) is 16.8 Å². The lowest BCUT2D eigenvalue weighted by Gasteiger charge is -2.29. The minimum Gasteiger partial charge on any atom is -0.390 e. The van der Waals surface area contributed by atoms with Gasteiger partial charge in [-0.2, -0.15) is 0 Å². The van der Waals surface area contributed by atoms with Gasteiger partial charge in [0, 0.05) is 23.1 Å². The molecule has 0 saturated carbocycles. The summed E-state index contributed by atoms with van der Waals surface area (Å²) in [4.78, 5) is 20.1. The number of hydrogen-bond acceptors (Lipinski definition) is 3. The van der Waals surface area contributed by atoms with E-state index in [1.165, 1.54) is 6.07 Å². The first-order chi connectivity index (χ1) is 13.7. The van der Waals surface area contributed by atoms with Crippen LogP contribution in [-0.4, -0.2) is 34.8 Å². The van der Waals surface area contributed by atoms with E-state index in [1.54, 1.807) is 23.1 Å². The van der Waals surface area contributed by atoms with Crippen molar-refractivity contribution in [1.82, 2.24) is 10.2 Å². The molecule has 1 heterocycles. The van der Waals surface area contributed by atoms with Crippen molar-refractivity contribution in [3.05, 3.63) is 71.0 Å². The number of rotatable bonds is 5. The van der Waals surface area contributed by atoms with Crippen LogP contribution in [0.25, 0.3) is 0 Å². The summed E-state index contributed by atoms with van der Waals surface area (Å²) in [5, 5.41) is 7.20. The van der Waals surface area contributed by atoms with Crippen LogP contribution < -0.4 is 5.32 Å². The van der Waals surface area contributed by atoms with E-state index in [4.69, 9.17) is 4.84 Å². The number of oxime groups is 1. The molecule has 0 fully saturated rings. The zero-order valence-electron chi connectivity index (χ0n) is 17.4. The van der Waals surface area contributed by atoms with E-state index >= 15 is 0 Å². The number of carbonyl (C=O) groups excluding carboxylic acids is 1. The Hall–Kier alpha value is -2.89. The summed E-state index contributed by atoms with van der Waals surface area (Å²) in [5.74, 6) is -0.328. The van der Waals surface area contributed by atoms with Gasteiger partial charge in [0.2, 0.25) is 0 Å². The molecule has 5 nitrogen and oxygen atoms in total. The van der Waals surface area contributed by atoms with Crippen LogP contribution >= 0.6 is 0 Å². The third kappa shape index (κ3) is 5.56. The number of benzene rings is 2. The fraction of sp³-hybridized carbons (Fsp3) is 0.391. The molecule has 0 aromatic heterocycles. The van der Waals surface area contributed by atoms with E-state index in [9.17, 15) is 9.18 Å². The molecule has 0 spiro atoms. The van der Waals surface area contributed by atoms with Crippen molar-refractivity contribution < 1.29 is 14.0 Å². The van der Waals surface area contributed by atoms with Gasteiger partial charge in [0.1, 0.15) is 5.82 Å². The van der Waals surface area contributed by atoms with Crippen LogP contribution in [-0.2, 0) is 11.4 Å². The van der Waals surface area contributed by atoms with Crippen LogP contribution in [0.15, 0.2) is 53.7 Å². The fourth-order valence-electron chi connectivity index (χ4n) is 3.28. The number of hydrogen-bond donors (Lipinski definition) is 1. The smallest absolute Gasteiger partial charge is 0.318 e. The zero-order chi connectivity index (χ0) is 21.0. The molecule has 1 N–H and O–H groups in total. The summed E-state index contributed by atoms with van der Waals surface area (Å²) in [6.07, 6.45) is 0.323.